The highest BCUT2D eigenvalue weighted by atomic mass is 15.6. The molecule has 0 saturated carbocycles. The van der Waals surface area contributed by atoms with E-state index in [1.54, 1.807) is 0 Å². The normalized spacial score (nSPS) is 17.8. The van der Waals surface area contributed by atoms with Crippen LogP contribution < -0.4 is 10.6 Å². The molecule has 0 bridgehead atoms. The Bertz CT molecular complexity index is 500. The summed E-state index contributed by atoms with van der Waals surface area (Å²) in [6, 6.07) is 3.85. The molecule has 0 aromatic carbocycles. The van der Waals surface area contributed by atoms with Crippen LogP contribution in [0.3, 0.4) is 0 Å². The molecular weight excluding hydrogens is 218 g/mol. The van der Waals surface area contributed by atoms with Crippen LogP contribution >= 0.6 is 0 Å². The molecule has 17 heavy (non-hydrogen) atoms. The van der Waals surface area contributed by atoms with Gasteiger partial charge in [0.15, 0.2) is 11.5 Å². The summed E-state index contributed by atoms with van der Waals surface area (Å²) >= 11 is 0. The molecule has 0 spiro atoms. The number of hydrogen-bond donors (Lipinski definition) is 1. The van der Waals surface area contributed by atoms with Crippen LogP contribution in [0.2, 0.25) is 0 Å². The van der Waals surface area contributed by atoms with Gasteiger partial charge in [0.1, 0.15) is 0 Å². The Labute approximate surface area is 98.6 Å². The highest BCUT2D eigenvalue weighted by Gasteiger charge is 2.19. The molecule has 0 aliphatic carbocycles. The van der Waals surface area contributed by atoms with E-state index in [0.29, 0.717) is 11.6 Å². The van der Waals surface area contributed by atoms with E-state index in [-0.39, 0.29) is 0 Å². The Morgan fingerprint density at radius 1 is 1.29 bits per heavy atom. The molecule has 2 aromatic rings. The lowest BCUT2D eigenvalue weighted by Gasteiger charge is -2.31. The number of nitrogens with two attached hydrogens (primary N) is 1. The smallest absolute Gasteiger partial charge is 0.200 e. The predicted molar refractivity (Wildman–Crippen MR) is 62.6 cm³/mol. The Morgan fingerprint density at radius 3 is 2.88 bits per heavy atom. The van der Waals surface area contributed by atoms with E-state index in [4.69, 9.17) is 5.73 Å². The van der Waals surface area contributed by atoms with Crippen molar-refractivity contribution in [1.29, 1.82) is 0 Å². The van der Waals surface area contributed by atoms with Crippen LogP contribution in [0.5, 0.6) is 0 Å². The molecule has 1 fully saturated rings. The highest BCUT2D eigenvalue weighted by Crippen LogP contribution is 2.20. The fourth-order valence-electron chi connectivity index (χ4n) is 2.21. The second-order valence-corrected chi connectivity index (χ2v) is 4.38. The first-order chi connectivity index (χ1) is 8.36. The first-order valence-corrected chi connectivity index (χ1v) is 5.87. The van der Waals surface area contributed by atoms with Crippen LogP contribution in [0.4, 0.5) is 5.82 Å². The molecule has 7 heteroatoms. The zero-order valence-electron chi connectivity index (χ0n) is 9.53. The fourth-order valence-corrected chi connectivity index (χ4v) is 2.21. The van der Waals surface area contributed by atoms with Crippen LogP contribution in [-0.2, 0) is 0 Å². The maximum absolute atomic E-state index is 5.68. The van der Waals surface area contributed by atoms with Gasteiger partial charge in [-0.1, -0.05) is 0 Å². The Hall–Kier alpha value is -1.76. The molecule has 0 amide bonds. The van der Waals surface area contributed by atoms with Gasteiger partial charge in [0.05, 0.1) is 0 Å². The maximum Gasteiger partial charge on any atom is 0.200 e. The summed E-state index contributed by atoms with van der Waals surface area (Å²) in [5, 5.41) is 15.6. The molecule has 2 aromatic heterocycles. The minimum atomic E-state index is 0.656. The number of piperidine rings is 1. The molecule has 2 N–H and O–H groups in total. The average molecular weight is 233 g/mol. The summed E-state index contributed by atoms with van der Waals surface area (Å²) in [5.41, 5.74) is 6.35. The van der Waals surface area contributed by atoms with Gasteiger partial charge in [0.25, 0.3) is 0 Å². The number of anilines is 1. The van der Waals surface area contributed by atoms with Crippen LogP contribution in [0.15, 0.2) is 12.1 Å². The molecule has 7 nitrogen and oxygen atoms in total. The summed E-state index contributed by atoms with van der Waals surface area (Å²) in [7, 11) is 0. The van der Waals surface area contributed by atoms with E-state index < -0.39 is 0 Å². The molecule has 0 unspecified atom stereocenters. The molecule has 3 heterocycles. The Kier molecular flexibility index (Phi) is 2.60. The Balaban J connectivity index is 1.79. The summed E-state index contributed by atoms with van der Waals surface area (Å²) in [6.07, 6.45) is 2.26. The molecule has 3 rings (SSSR count). The molecule has 0 radical (unpaired) electrons. The summed E-state index contributed by atoms with van der Waals surface area (Å²) in [4.78, 5) is 2.26. The van der Waals surface area contributed by atoms with E-state index in [9.17, 15) is 0 Å². The number of nitrogens with zero attached hydrogens (tertiary/aromatic N) is 6. The zero-order valence-corrected chi connectivity index (χ0v) is 9.53. The van der Waals surface area contributed by atoms with E-state index >= 15 is 0 Å². The lowest BCUT2D eigenvalue weighted by atomic mass is 9.97. The highest BCUT2D eigenvalue weighted by molar-refractivity contribution is 5.44. The van der Waals surface area contributed by atoms with E-state index in [1.165, 1.54) is 4.63 Å². The molecule has 1 aliphatic heterocycles. The van der Waals surface area contributed by atoms with Gasteiger partial charge in [0.2, 0.25) is 0 Å². The molecule has 0 atom stereocenters. The van der Waals surface area contributed by atoms with E-state index in [1.807, 2.05) is 12.1 Å². The first kappa shape index (κ1) is 10.4. The number of tetrazole rings is 1. The molecular formula is C10H15N7. The van der Waals surface area contributed by atoms with Gasteiger partial charge >= 0.3 is 0 Å². The SMILES string of the molecule is NCC1CCN(c2ccc3nnnn3n2)CC1. The first-order valence-electron chi connectivity index (χ1n) is 5.87. The van der Waals surface area contributed by atoms with Gasteiger partial charge in [-0.05, 0) is 47.9 Å². The lowest BCUT2D eigenvalue weighted by Crippen LogP contribution is -2.36. The number of fused-ring (bicyclic) bond motifs is 1. The fraction of sp³-hybridized carbons (Fsp3) is 0.600. The van der Waals surface area contributed by atoms with Gasteiger partial charge in [-0.3, -0.25) is 0 Å². The van der Waals surface area contributed by atoms with Crippen molar-refractivity contribution in [3.8, 4) is 0 Å². The lowest BCUT2D eigenvalue weighted by molar-refractivity contribution is 0.412. The third kappa shape index (κ3) is 1.93. The van der Waals surface area contributed by atoms with Crippen LogP contribution in [0.25, 0.3) is 5.65 Å². The van der Waals surface area contributed by atoms with Crippen molar-refractivity contribution in [3.05, 3.63) is 12.1 Å². The van der Waals surface area contributed by atoms with E-state index in [0.717, 1.165) is 38.3 Å². The van der Waals surface area contributed by atoms with Crippen molar-refractivity contribution in [2.75, 3.05) is 24.5 Å². The molecule has 90 valence electrons. The van der Waals surface area contributed by atoms with Crippen molar-refractivity contribution in [2.24, 2.45) is 11.7 Å². The van der Waals surface area contributed by atoms with Crippen LogP contribution in [-0.4, -0.2) is 44.9 Å². The number of aromatic nitrogens is 5. The van der Waals surface area contributed by atoms with Crippen molar-refractivity contribution in [2.45, 2.75) is 12.8 Å². The van der Waals surface area contributed by atoms with Crippen molar-refractivity contribution < 1.29 is 0 Å². The third-order valence-electron chi connectivity index (χ3n) is 3.33. The van der Waals surface area contributed by atoms with Gasteiger partial charge in [0, 0.05) is 13.1 Å². The Morgan fingerprint density at radius 2 is 2.12 bits per heavy atom. The second kappa shape index (κ2) is 4.25. The second-order valence-electron chi connectivity index (χ2n) is 4.38. The van der Waals surface area contributed by atoms with Gasteiger partial charge < -0.3 is 10.6 Å². The monoisotopic (exact) mass is 233 g/mol. The maximum atomic E-state index is 5.68. The summed E-state index contributed by atoms with van der Waals surface area (Å²) in [5.74, 6) is 1.59. The predicted octanol–water partition coefficient (Wildman–Crippen LogP) is -0.306. The topological polar surface area (TPSA) is 85.2 Å². The van der Waals surface area contributed by atoms with Crippen molar-refractivity contribution in [1.82, 2.24) is 25.3 Å². The average Bonchev–Trinajstić information content (AvgIpc) is 2.86. The summed E-state index contributed by atoms with van der Waals surface area (Å²) in [6.45, 7) is 2.79. The van der Waals surface area contributed by atoms with Crippen molar-refractivity contribution >= 4 is 11.5 Å². The standard InChI is InChI=1S/C10H15N7/c11-7-8-3-5-16(6-4-8)10-2-1-9-12-14-15-17(9)13-10/h1-2,8H,3-7,11H2. The molecule has 1 saturated heterocycles. The minimum absolute atomic E-state index is 0.656. The van der Waals surface area contributed by atoms with Gasteiger partial charge in [-0.15, -0.1) is 14.8 Å². The summed E-state index contributed by atoms with van der Waals surface area (Å²) < 4.78 is 1.46. The van der Waals surface area contributed by atoms with Crippen LogP contribution in [0, 0.1) is 5.92 Å². The van der Waals surface area contributed by atoms with E-state index in [2.05, 4.69) is 25.5 Å². The largest absolute Gasteiger partial charge is 0.355 e. The van der Waals surface area contributed by atoms with Gasteiger partial charge in [-0.2, -0.15) is 0 Å². The van der Waals surface area contributed by atoms with Gasteiger partial charge in [-0.25, -0.2) is 0 Å². The zero-order chi connectivity index (χ0) is 11.7. The van der Waals surface area contributed by atoms with Crippen molar-refractivity contribution in [3.63, 3.8) is 0 Å². The third-order valence-corrected chi connectivity index (χ3v) is 3.33. The number of rotatable bonds is 2. The molecule has 1 aliphatic rings. The van der Waals surface area contributed by atoms with Crippen LogP contribution in [0.1, 0.15) is 12.8 Å². The number of hydrogen-bond acceptors (Lipinski definition) is 6. The quantitative estimate of drug-likeness (QED) is 0.766. The minimum Gasteiger partial charge on any atom is -0.355 e.